The number of aryl methyl sites for hydroxylation is 1. The predicted molar refractivity (Wildman–Crippen MR) is 75.7 cm³/mol. The standard InChI is InChI=1S/C15H11ClF2OS/c16-11-7-12(17)10(6-13(11)18)15(19)9-2-1-3-14-8(9)4-5-20-14/h4-7,9H,1-3H2. The molecule has 3 rings (SSSR count). The third-order valence-corrected chi connectivity index (χ3v) is 4.93. The molecule has 0 fully saturated rings. The van der Waals surface area contributed by atoms with Crippen molar-refractivity contribution in [2.45, 2.75) is 25.2 Å². The molecule has 0 saturated carbocycles. The molecule has 1 aromatic heterocycles. The van der Waals surface area contributed by atoms with Crippen LogP contribution in [0.1, 0.15) is 39.6 Å². The summed E-state index contributed by atoms with van der Waals surface area (Å²) in [7, 11) is 0. The van der Waals surface area contributed by atoms with Crippen LogP contribution in [0.15, 0.2) is 23.6 Å². The number of hydrogen-bond donors (Lipinski definition) is 0. The average molecular weight is 313 g/mol. The van der Waals surface area contributed by atoms with Crippen LogP contribution in [-0.4, -0.2) is 5.78 Å². The first kappa shape index (κ1) is 13.7. The van der Waals surface area contributed by atoms with Gasteiger partial charge in [-0.25, -0.2) is 8.78 Å². The van der Waals surface area contributed by atoms with Crippen molar-refractivity contribution in [1.29, 1.82) is 0 Å². The van der Waals surface area contributed by atoms with Crippen LogP contribution in [0, 0.1) is 11.6 Å². The Balaban J connectivity index is 2.01. The van der Waals surface area contributed by atoms with Gasteiger partial charge in [0.1, 0.15) is 11.6 Å². The molecule has 1 nitrogen and oxygen atoms in total. The maximum absolute atomic E-state index is 13.9. The molecule has 20 heavy (non-hydrogen) atoms. The van der Waals surface area contributed by atoms with Crippen LogP contribution < -0.4 is 0 Å². The Morgan fingerprint density at radius 2 is 2.10 bits per heavy atom. The van der Waals surface area contributed by atoms with Crippen LogP contribution in [0.4, 0.5) is 8.78 Å². The zero-order chi connectivity index (χ0) is 14.3. The van der Waals surface area contributed by atoms with Gasteiger partial charge in [-0.2, -0.15) is 0 Å². The van der Waals surface area contributed by atoms with Gasteiger partial charge in [-0.05, 0) is 48.4 Å². The molecule has 0 spiro atoms. The molecule has 0 radical (unpaired) electrons. The molecule has 1 aliphatic rings. The molecule has 1 atom stereocenters. The Bertz CT molecular complexity index is 681. The topological polar surface area (TPSA) is 17.1 Å². The lowest BCUT2D eigenvalue weighted by atomic mass is 9.82. The van der Waals surface area contributed by atoms with E-state index in [0.29, 0.717) is 6.42 Å². The minimum absolute atomic E-state index is 0.212. The molecule has 2 aromatic rings. The van der Waals surface area contributed by atoms with Gasteiger partial charge in [0.25, 0.3) is 0 Å². The van der Waals surface area contributed by atoms with Gasteiger partial charge in [0.15, 0.2) is 5.78 Å². The van der Waals surface area contributed by atoms with E-state index in [4.69, 9.17) is 11.6 Å². The van der Waals surface area contributed by atoms with Gasteiger partial charge in [0, 0.05) is 10.8 Å². The first-order valence-electron chi connectivity index (χ1n) is 6.33. The number of rotatable bonds is 2. The van der Waals surface area contributed by atoms with Crippen molar-refractivity contribution < 1.29 is 13.6 Å². The molecule has 0 saturated heterocycles. The van der Waals surface area contributed by atoms with Gasteiger partial charge in [-0.3, -0.25) is 4.79 Å². The third-order valence-electron chi connectivity index (χ3n) is 3.64. The molecule has 1 heterocycles. The molecule has 1 aromatic carbocycles. The van der Waals surface area contributed by atoms with E-state index in [2.05, 4.69) is 0 Å². The molecule has 1 unspecified atom stereocenters. The summed E-state index contributed by atoms with van der Waals surface area (Å²) in [4.78, 5) is 13.7. The number of halogens is 3. The Kier molecular flexibility index (Phi) is 3.61. The van der Waals surface area contributed by atoms with E-state index in [1.54, 1.807) is 11.3 Å². The zero-order valence-electron chi connectivity index (χ0n) is 10.5. The normalized spacial score (nSPS) is 17.9. The van der Waals surface area contributed by atoms with Crippen molar-refractivity contribution in [1.82, 2.24) is 0 Å². The van der Waals surface area contributed by atoms with Crippen molar-refractivity contribution in [3.8, 4) is 0 Å². The minimum Gasteiger partial charge on any atom is -0.293 e. The lowest BCUT2D eigenvalue weighted by molar-refractivity contribution is 0.0947. The summed E-state index contributed by atoms with van der Waals surface area (Å²) in [5.74, 6) is -2.26. The molecule has 0 bridgehead atoms. The molecule has 104 valence electrons. The summed E-state index contributed by atoms with van der Waals surface area (Å²) in [6, 6.07) is 3.67. The fourth-order valence-corrected chi connectivity index (χ4v) is 3.80. The first-order chi connectivity index (χ1) is 9.58. The Morgan fingerprint density at radius 3 is 2.90 bits per heavy atom. The zero-order valence-corrected chi connectivity index (χ0v) is 12.0. The molecule has 0 amide bonds. The van der Waals surface area contributed by atoms with Gasteiger partial charge < -0.3 is 0 Å². The quantitative estimate of drug-likeness (QED) is 0.564. The highest BCUT2D eigenvalue weighted by Gasteiger charge is 2.30. The van der Waals surface area contributed by atoms with E-state index in [0.717, 1.165) is 30.5 Å². The van der Waals surface area contributed by atoms with Gasteiger partial charge in [0.05, 0.1) is 10.6 Å². The van der Waals surface area contributed by atoms with Crippen LogP contribution in [-0.2, 0) is 6.42 Å². The fraction of sp³-hybridized carbons (Fsp3) is 0.267. The molecule has 1 aliphatic carbocycles. The highest BCUT2D eigenvalue weighted by Crippen LogP contribution is 2.37. The van der Waals surface area contributed by atoms with E-state index in [1.807, 2.05) is 11.4 Å². The van der Waals surface area contributed by atoms with Crippen molar-refractivity contribution >= 4 is 28.7 Å². The smallest absolute Gasteiger partial charge is 0.173 e. The maximum atomic E-state index is 13.9. The summed E-state index contributed by atoms with van der Waals surface area (Å²) in [6.07, 6.45) is 2.52. The predicted octanol–water partition coefficient (Wildman–Crippen LogP) is 4.98. The van der Waals surface area contributed by atoms with E-state index < -0.39 is 11.6 Å². The van der Waals surface area contributed by atoms with Crippen LogP contribution >= 0.6 is 22.9 Å². The number of fused-ring (bicyclic) bond motifs is 1. The second-order valence-corrected chi connectivity index (χ2v) is 6.26. The largest absolute Gasteiger partial charge is 0.293 e. The second-order valence-electron chi connectivity index (χ2n) is 4.85. The molecular formula is C15H11ClF2OS. The number of benzene rings is 1. The maximum Gasteiger partial charge on any atom is 0.173 e. The summed E-state index contributed by atoms with van der Waals surface area (Å²) in [5.41, 5.74) is 0.747. The number of hydrogen-bond acceptors (Lipinski definition) is 2. The average Bonchev–Trinajstić information content (AvgIpc) is 2.90. The van der Waals surface area contributed by atoms with Crippen molar-refractivity contribution in [2.24, 2.45) is 0 Å². The van der Waals surface area contributed by atoms with Crippen molar-refractivity contribution in [2.75, 3.05) is 0 Å². The highest BCUT2D eigenvalue weighted by molar-refractivity contribution is 7.10. The number of ketones is 1. The summed E-state index contributed by atoms with van der Waals surface area (Å²) >= 11 is 7.13. The fourth-order valence-electron chi connectivity index (χ4n) is 2.66. The number of thiophene rings is 1. The highest BCUT2D eigenvalue weighted by atomic mass is 35.5. The lowest BCUT2D eigenvalue weighted by Crippen LogP contribution is -2.18. The van der Waals surface area contributed by atoms with Crippen LogP contribution in [0.5, 0.6) is 0 Å². The number of carbonyl (C=O) groups excluding carboxylic acids is 1. The Labute approximate surface area is 124 Å². The minimum atomic E-state index is -0.766. The van der Waals surface area contributed by atoms with Crippen LogP contribution in [0.2, 0.25) is 5.02 Å². The van der Waals surface area contributed by atoms with Crippen LogP contribution in [0.25, 0.3) is 0 Å². The first-order valence-corrected chi connectivity index (χ1v) is 7.58. The Hall–Kier alpha value is -1.26. The second kappa shape index (κ2) is 5.26. The lowest BCUT2D eigenvalue weighted by Gasteiger charge is -2.21. The van der Waals surface area contributed by atoms with Gasteiger partial charge in [-0.15, -0.1) is 11.3 Å². The monoisotopic (exact) mass is 312 g/mol. The third kappa shape index (κ3) is 2.27. The molecular weight excluding hydrogens is 302 g/mol. The molecule has 0 aliphatic heterocycles. The summed E-state index contributed by atoms with van der Waals surface area (Å²) in [5, 5.41) is 1.63. The number of Topliss-reactive ketones (excluding diaryl/α,β-unsaturated/α-hetero) is 1. The molecule has 0 N–H and O–H groups in total. The van der Waals surface area contributed by atoms with Gasteiger partial charge in [-0.1, -0.05) is 11.6 Å². The van der Waals surface area contributed by atoms with E-state index in [9.17, 15) is 13.6 Å². The van der Waals surface area contributed by atoms with Gasteiger partial charge >= 0.3 is 0 Å². The van der Waals surface area contributed by atoms with E-state index in [-0.39, 0.29) is 22.3 Å². The summed E-state index contributed by atoms with van der Waals surface area (Å²) in [6.45, 7) is 0. The van der Waals surface area contributed by atoms with E-state index in [1.165, 1.54) is 4.88 Å². The molecule has 5 heteroatoms. The Morgan fingerprint density at radius 1 is 1.30 bits per heavy atom. The number of carbonyl (C=O) groups is 1. The van der Waals surface area contributed by atoms with Crippen molar-refractivity contribution in [3.05, 3.63) is 56.2 Å². The van der Waals surface area contributed by atoms with Gasteiger partial charge in [0.2, 0.25) is 0 Å². The van der Waals surface area contributed by atoms with Crippen LogP contribution in [0.3, 0.4) is 0 Å². The SMILES string of the molecule is O=C(c1cc(F)c(Cl)cc1F)C1CCCc2sccc21. The van der Waals surface area contributed by atoms with Crippen molar-refractivity contribution in [3.63, 3.8) is 0 Å². The summed E-state index contributed by atoms with van der Waals surface area (Å²) < 4.78 is 27.3. The van der Waals surface area contributed by atoms with E-state index >= 15 is 0 Å².